The summed E-state index contributed by atoms with van der Waals surface area (Å²) in [4.78, 5) is 39.6. The van der Waals surface area contributed by atoms with Crippen LogP contribution in [0.15, 0.2) is 54.7 Å². The number of rotatable bonds is 7. The summed E-state index contributed by atoms with van der Waals surface area (Å²) in [5.74, 6) is -2.19. The fourth-order valence-corrected chi connectivity index (χ4v) is 4.04. The van der Waals surface area contributed by atoms with Crippen molar-refractivity contribution in [3.63, 3.8) is 0 Å². The molecule has 9 heteroatoms. The number of hydrogen-bond donors (Lipinski definition) is 1. The second-order valence-corrected chi connectivity index (χ2v) is 8.11. The van der Waals surface area contributed by atoms with Gasteiger partial charge in [0.25, 0.3) is 5.91 Å². The van der Waals surface area contributed by atoms with Gasteiger partial charge in [-0.25, -0.2) is 8.78 Å². The molecule has 0 bridgehead atoms. The standard InChI is InChI=1S/C25H23F2N3O4/c26-18-8-4-16(5-9-18)21-14-28-29-24(21)25(33)30-12-2-1-3-20(30)13-23(32)34-15-22(31)17-6-10-19(27)11-7-17/h4-11,14,20H,1-3,12-13,15H2,(H,28,29). The number of ketones is 1. The van der Waals surface area contributed by atoms with Crippen LogP contribution in [0.1, 0.15) is 46.5 Å². The summed E-state index contributed by atoms with van der Waals surface area (Å²) >= 11 is 0. The molecule has 1 unspecified atom stereocenters. The number of ether oxygens (including phenoxy) is 1. The molecule has 1 N–H and O–H groups in total. The Balaban J connectivity index is 1.41. The maximum atomic E-state index is 13.3. The SMILES string of the molecule is O=C(CC1CCCCN1C(=O)c1[nH]ncc1-c1ccc(F)cc1)OCC(=O)c1ccc(F)cc1. The number of esters is 1. The van der Waals surface area contributed by atoms with Gasteiger partial charge in [0.05, 0.1) is 12.6 Å². The van der Waals surface area contributed by atoms with Crippen LogP contribution in [-0.4, -0.2) is 52.0 Å². The molecule has 0 saturated carbocycles. The number of carbonyl (C=O) groups is 3. The normalized spacial score (nSPS) is 15.7. The van der Waals surface area contributed by atoms with E-state index in [9.17, 15) is 23.2 Å². The zero-order valence-electron chi connectivity index (χ0n) is 18.3. The van der Waals surface area contributed by atoms with Crippen molar-refractivity contribution in [1.29, 1.82) is 0 Å². The molecule has 1 aromatic heterocycles. The maximum Gasteiger partial charge on any atom is 0.308 e. The number of likely N-dealkylation sites (tertiary alicyclic amines) is 1. The summed E-state index contributed by atoms with van der Waals surface area (Å²) in [5, 5.41) is 6.72. The number of carbonyl (C=O) groups excluding carboxylic acids is 3. The minimum atomic E-state index is -0.594. The molecule has 0 spiro atoms. The smallest absolute Gasteiger partial charge is 0.308 e. The Kier molecular flexibility index (Phi) is 7.10. The molecule has 176 valence electrons. The summed E-state index contributed by atoms with van der Waals surface area (Å²) < 4.78 is 31.5. The van der Waals surface area contributed by atoms with E-state index in [4.69, 9.17) is 4.74 Å². The van der Waals surface area contributed by atoms with Crippen LogP contribution >= 0.6 is 0 Å². The van der Waals surface area contributed by atoms with Gasteiger partial charge in [0.15, 0.2) is 12.4 Å². The fraction of sp³-hybridized carbons (Fsp3) is 0.280. The highest BCUT2D eigenvalue weighted by Gasteiger charge is 2.32. The molecule has 7 nitrogen and oxygen atoms in total. The van der Waals surface area contributed by atoms with Crippen LogP contribution in [0.4, 0.5) is 8.78 Å². The lowest BCUT2D eigenvalue weighted by atomic mass is 9.98. The summed E-state index contributed by atoms with van der Waals surface area (Å²) in [6.07, 6.45) is 3.72. The van der Waals surface area contributed by atoms with Gasteiger partial charge in [-0.2, -0.15) is 5.10 Å². The molecule has 1 aliphatic heterocycles. The first kappa shape index (κ1) is 23.3. The third-order valence-electron chi connectivity index (χ3n) is 5.83. The highest BCUT2D eigenvalue weighted by atomic mass is 19.1. The fourth-order valence-electron chi connectivity index (χ4n) is 4.04. The number of benzene rings is 2. The van der Waals surface area contributed by atoms with E-state index in [1.165, 1.54) is 30.5 Å². The average Bonchev–Trinajstić information content (AvgIpc) is 3.33. The molecule has 4 rings (SSSR count). The summed E-state index contributed by atoms with van der Waals surface area (Å²) in [6.45, 7) is 0.00750. The number of Topliss-reactive ketones (excluding diaryl/α,β-unsaturated/α-hetero) is 1. The quantitative estimate of drug-likeness (QED) is 0.416. The minimum absolute atomic E-state index is 0.0531. The molecule has 2 heterocycles. The third kappa shape index (κ3) is 5.36. The molecule has 0 radical (unpaired) electrons. The Bertz CT molecular complexity index is 1180. The van der Waals surface area contributed by atoms with Crippen LogP contribution in [-0.2, 0) is 9.53 Å². The maximum absolute atomic E-state index is 13.3. The summed E-state index contributed by atoms with van der Waals surface area (Å²) in [5.41, 5.74) is 1.70. The van der Waals surface area contributed by atoms with Crippen LogP contribution in [0, 0.1) is 11.6 Å². The highest BCUT2D eigenvalue weighted by Crippen LogP contribution is 2.27. The van der Waals surface area contributed by atoms with Gasteiger partial charge in [-0.05, 0) is 61.2 Å². The van der Waals surface area contributed by atoms with Gasteiger partial charge >= 0.3 is 5.97 Å². The molecule has 1 atom stereocenters. The van der Waals surface area contributed by atoms with Crippen LogP contribution < -0.4 is 0 Å². The van der Waals surface area contributed by atoms with Crippen LogP contribution in [0.2, 0.25) is 0 Å². The number of nitrogens with one attached hydrogen (secondary N) is 1. The summed E-state index contributed by atoms with van der Waals surface area (Å²) in [7, 11) is 0. The van der Waals surface area contributed by atoms with Gasteiger partial charge in [-0.1, -0.05) is 12.1 Å². The Labute approximate surface area is 194 Å². The summed E-state index contributed by atoms with van der Waals surface area (Å²) in [6, 6.07) is 10.4. The first-order chi connectivity index (χ1) is 16.4. The van der Waals surface area contributed by atoms with Crippen LogP contribution in [0.5, 0.6) is 0 Å². The van der Waals surface area contributed by atoms with Crippen molar-refractivity contribution >= 4 is 17.7 Å². The number of H-pyrrole nitrogens is 1. The Morgan fingerprint density at radius 2 is 1.68 bits per heavy atom. The Morgan fingerprint density at radius 3 is 2.38 bits per heavy atom. The largest absolute Gasteiger partial charge is 0.457 e. The van der Waals surface area contributed by atoms with Gasteiger partial charge < -0.3 is 9.64 Å². The first-order valence-electron chi connectivity index (χ1n) is 11.0. The lowest BCUT2D eigenvalue weighted by Gasteiger charge is -2.35. The van der Waals surface area contributed by atoms with Gasteiger partial charge in [0, 0.05) is 23.7 Å². The van der Waals surface area contributed by atoms with Gasteiger partial charge in [-0.15, -0.1) is 0 Å². The number of hydrogen-bond acceptors (Lipinski definition) is 5. The number of nitrogens with zero attached hydrogens (tertiary/aromatic N) is 2. The molecule has 34 heavy (non-hydrogen) atoms. The number of aromatic amines is 1. The zero-order chi connectivity index (χ0) is 24.1. The second kappa shape index (κ2) is 10.4. The number of aromatic nitrogens is 2. The monoisotopic (exact) mass is 467 g/mol. The van der Waals surface area contributed by atoms with E-state index < -0.39 is 24.2 Å². The zero-order valence-corrected chi connectivity index (χ0v) is 18.3. The molecule has 3 aromatic rings. The van der Waals surface area contributed by atoms with Crippen LogP contribution in [0.25, 0.3) is 11.1 Å². The first-order valence-corrected chi connectivity index (χ1v) is 11.0. The topological polar surface area (TPSA) is 92.4 Å². The predicted molar refractivity (Wildman–Crippen MR) is 119 cm³/mol. The third-order valence-corrected chi connectivity index (χ3v) is 5.83. The lowest BCUT2D eigenvalue weighted by Crippen LogP contribution is -2.45. The Morgan fingerprint density at radius 1 is 1.00 bits per heavy atom. The molecular formula is C25H23F2N3O4. The Hall–Kier alpha value is -3.88. The van der Waals surface area contributed by atoms with E-state index in [2.05, 4.69) is 10.2 Å². The average molecular weight is 467 g/mol. The van der Waals surface area contributed by atoms with Crippen molar-refractivity contribution in [3.8, 4) is 11.1 Å². The highest BCUT2D eigenvalue weighted by molar-refractivity contribution is 5.99. The molecule has 1 fully saturated rings. The predicted octanol–water partition coefficient (Wildman–Crippen LogP) is 4.17. The van der Waals surface area contributed by atoms with E-state index in [1.807, 2.05) is 0 Å². The van der Waals surface area contributed by atoms with Crippen molar-refractivity contribution < 1.29 is 27.9 Å². The molecule has 1 saturated heterocycles. The van der Waals surface area contributed by atoms with Crippen molar-refractivity contribution in [2.45, 2.75) is 31.7 Å². The van der Waals surface area contributed by atoms with E-state index in [1.54, 1.807) is 17.0 Å². The molecule has 1 aliphatic rings. The van der Waals surface area contributed by atoms with E-state index in [-0.39, 0.29) is 35.4 Å². The molecular weight excluding hydrogens is 444 g/mol. The van der Waals surface area contributed by atoms with Crippen molar-refractivity contribution in [2.24, 2.45) is 0 Å². The van der Waals surface area contributed by atoms with Gasteiger partial charge in [0.1, 0.15) is 17.3 Å². The van der Waals surface area contributed by atoms with Gasteiger partial charge in [0.2, 0.25) is 0 Å². The second-order valence-electron chi connectivity index (χ2n) is 8.11. The van der Waals surface area contributed by atoms with Gasteiger partial charge in [-0.3, -0.25) is 19.5 Å². The molecule has 2 aromatic carbocycles. The lowest BCUT2D eigenvalue weighted by molar-refractivity contribution is -0.143. The van der Waals surface area contributed by atoms with Crippen LogP contribution in [0.3, 0.4) is 0 Å². The number of amides is 1. The minimum Gasteiger partial charge on any atom is -0.457 e. The van der Waals surface area contributed by atoms with Crippen molar-refractivity contribution in [2.75, 3.05) is 13.2 Å². The molecule has 0 aliphatic carbocycles. The number of piperidine rings is 1. The number of halogens is 2. The van der Waals surface area contributed by atoms with Crippen molar-refractivity contribution in [3.05, 3.63) is 77.6 Å². The van der Waals surface area contributed by atoms with E-state index in [0.29, 0.717) is 24.1 Å². The van der Waals surface area contributed by atoms with E-state index >= 15 is 0 Å². The molecule has 1 amide bonds. The van der Waals surface area contributed by atoms with E-state index in [0.717, 1.165) is 25.0 Å². The van der Waals surface area contributed by atoms with Crippen molar-refractivity contribution in [1.82, 2.24) is 15.1 Å².